The van der Waals surface area contributed by atoms with Crippen molar-refractivity contribution in [2.75, 3.05) is 7.11 Å². The van der Waals surface area contributed by atoms with E-state index in [9.17, 15) is 0 Å². The van der Waals surface area contributed by atoms with Gasteiger partial charge in [-0.25, -0.2) is 9.78 Å². The van der Waals surface area contributed by atoms with E-state index < -0.39 is 5.79 Å². The Labute approximate surface area is 134 Å². The van der Waals surface area contributed by atoms with Crippen molar-refractivity contribution in [2.45, 2.75) is 51.9 Å². The van der Waals surface area contributed by atoms with E-state index >= 15 is 0 Å². The zero-order chi connectivity index (χ0) is 16.3. The summed E-state index contributed by atoms with van der Waals surface area (Å²) in [5, 5.41) is 0. The van der Waals surface area contributed by atoms with Gasteiger partial charge in [0.2, 0.25) is 0 Å². The summed E-state index contributed by atoms with van der Waals surface area (Å²) in [6, 6.07) is 10.3. The number of hydrogen-bond donors (Lipinski definition) is 0. The van der Waals surface area contributed by atoms with Gasteiger partial charge in [-0.3, -0.25) is 0 Å². The molecule has 1 aromatic carbocycles. The van der Waals surface area contributed by atoms with Crippen LogP contribution >= 0.6 is 0 Å². The molecule has 0 fully saturated rings. The lowest BCUT2D eigenvalue weighted by atomic mass is 10.1. The average Bonchev–Trinajstić information content (AvgIpc) is 2.53. The molecule has 0 radical (unpaired) electrons. The third-order valence-electron chi connectivity index (χ3n) is 3.17. The molecule has 0 saturated carbocycles. The smallest absolute Gasteiger partial charge is 0.195 e. The molecule has 1 unspecified atom stereocenters. The first-order chi connectivity index (χ1) is 10.6. The maximum absolute atomic E-state index is 5.47. The zero-order valence-electron chi connectivity index (χ0n) is 14.1. The molecular formula is C19H28O3. The number of ether oxygens (including phenoxy) is 1. The van der Waals surface area contributed by atoms with Crippen LogP contribution in [-0.4, -0.2) is 19.0 Å². The minimum Gasteiger partial charge on any atom is -0.351 e. The molecule has 1 aromatic rings. The van der Waals surface area contributed by atoms with Crippen LogP contribution in [-0.2, 0) is 14.5 Å². The quantitative estimate of drug-likeness (QED) is 0.259. The fourth-order valence-electron chi connectivity index (χ4n) is 1.75. The molecule has 0 saturated heterocycles. The van der Waals surface area contributed by atoms with E-state index in [0.717, 1.165) is 19.3 Å². The molecule has 1 rings (SSSR count). The van der Waals surface area contributed by atoms with Crippen molar-refractivity contribution in [2.24, 2.45) is 0 Å². The number of hydrogen-bond acceptors (Lipinski definition) is 3. The van der Waals surface area contributed by atoms with Crippen LogP contribution in [0.15, 0.2) is 48.6 Å². The Balaban J connectivity index is 2.40. The largest absolute Gasteiger partial charge is 0.351 e. The molecule has 0 aliphatic heterocycles. The SMILES string of the molecule is CCCC(/C=C\C/C=C/c1ccccc1)OOC(C)(C)OC. The second-order valence-electron chi connectivity index (χ2n) is 5.59. The van der Waals surface area contributed by atoms with Crippen LogP contribution in [0.3, 0.4) is 0 Å². The maximum atomic E-state index is 5.47. The van der Waals surface area contributed by atoms with Crippen molar-refractivity contribution >= 4 is 6.08 Å². The highest BCUT2D eigenvalue weighted by Gasteiger charge is 2.20. The van der Waals surface area contributed by atoms with E-state index in [1.54, 1.807) is 7.11 Å². The number of methoxy groups -OCH3 is 1. The highest BCUT2D eigenvalue weighted by Crippen LogP contribution is 2.14. The Morgan fingerprint density at radius 1 is 1.14 bits per heavy atom. The average molecular weight is 304 g/mol. The second kappa shape index (κ2) is 10.3. The van der Waals surface area contributed by atoms with Crippen LogP contribution in [0.25, 0.3) is 6.08 Å². The lowest BCUT2D eigenvalue weighted by molar-refractivity contribution is -0.425. The lowest BCUT2D eigenvalue weighted by Crippen LogP contribution is -2.29. The van der Waals surface area contributed by atoms with Crippen molar-refractivity contribution in [3.8, 4) is 0 Å². The summed E-state index contributed by atoms with van der Waals surface area (Å²) in [6.07, 6.45) is 11.2. The van der Waals surface area contributed by atoms with Crippen LogP contribution in [0, 0.1) is 0 Å². The van der Waals surface area contributed by atoms with Crippen LogP contribution in [0.5, 0.6) is 0 Å². The molecule has 0 amide bonds. The molecule has 0 spiro atoms. The Morgan fingerprint density at radius 2 is 1.86 bits per heavy atom. The Morgan fingerprint density at radius 3 is 2.50 bits per heavy atom. The molecule has 0 aliphatic rings. The van der Waals surface area contributed by atoms with Gasteiger partial charge < -0.3 is 4.74 Å². The number of benzene rings is 1. The van der Waals surface area contributed by atoms with Gasteiger partial charge in [-0.2, -0.15) is 0 Å². The molecule has 0 heterocycles. The second-order valence-corrected chi connectivity index (χ2v) is 5.59. The fraction of sp³-hybridized carbons (Fsp3) is 0.474. The Kier molecular flexibility index (Phi) is 8.75. The van der Waals surface area contributed by atoms with E-state index in [1.165, 1.54) is 5.56 Å². The minimum absolute atomic E-state index is 0.0513. The van der Waals surface area contributed by atoms with Gasteiger partial charge in [-0.05, 0) is 32.3 Å². The predicted molar refractivity (Wildman–Crippen MR) is 91.2 cm³/mol. The van der Waals surface area contributed by atoms with Crippen molar-refractivity contribution in [3.05, 3.63) is 54.1 Å². The van der Waals surface area contributed by atoms with E-state index in [2.05, 4.69) is 37.3 Å². The molecule has 0 aliphatic carbocycles. The van der Waals surface area contributed by atoms with Gasteiger partial charge in [0, 0.05) is 7.11 Å². The summed E-state index contributed by atoms with van der Waals surface area (Å²) in [6.45, 7) is 5.77. The van der Waals surface area contributed by atoms with Gasteiger partial charge >= 0.3 is 0 Å². The summed E-state index contributed by atoms with van der Waals surface area (Å²) in [7, 11) is 1.60. The van der Waals surface area contributed by atoms with E-state index in [4.69, 9.17) is 14.5 Å². The topological polar surface area (TPSA) is 27.7 Å². The summed E-state index contributed by atoms with van der Waals surface area (Å²) in [5.74, 6) is -0.729. The summed E-state index contributed by atoms with van der Waals surface area (Å²) in [4.78, 5) is 10.8. The van der Waals surface area contributed by atoms with Crippen LogP contribution in [0.2, 0.25) is 0 Å². The minimum atomic E-state index is -0.729. The van der Waals surface area contributed by atoms with Gasteiger partial charge in [0.05, 0.1) is 0 Å². The van der Waals surface area contributed by atoms with Crippen molar-refractivity contribution < 1.29 is 14.5 Å². The molecule has 22 heavy (non-hydrogen) atoms. The van der Waals surface area contributed by atoms with Crippen LogP contribution in [0.4, 0.5) is 0 Å². The molecule has 122 valence electrons. The number of allylic oxidation sites excluding steroid dienone is 2. The molecule has 0 aromatic heterocycles. The third-order valence-corrected chi connectivity index (χ3v) is 3.17. The Hall–Kier alpha value is -1.42. The standard InChI is InChI=1S/C19H28O3/c1-5-12-18(21-22-19(2,3)20-4)16-11-7-10-15-17-13-8-6-9-14-17/h6,8-11,13-16,18H,5,7,12H2,1-4H3/b15-10+,16-11-. The first-order valence-corrected chi connectivity index (χ1v) is 7.85. The first-order valence-electron chi connectivity index (χ1n) is 7.85. The predicted octanol–water partition coefficient (Wildman–Crippen LogP) is 5.15. The summed E-state index contributed by atoms with van der Waals surface area (Å²) >= 11 is 0. The molecule has 0 bridgehead atoms. The maximum Gasteiger partial charge on any atom is 0.195 e. The molecule has 1 atom stereocenters. The van der Waals surface area contributed by atoms with Gasteiger partial charge in [-0.1, -0.05) is 68.0 Å². The highest BCUT2D eigenvalue weighted by atomic mass is 17.2. The Bertz CT molecular complexity index is 449. The van der Waals surface area contributed by atoms with Crippen molar-refractivity contribution in [1.82, 2.24) is 0 Å². The molecule has 3 nitrogen and oxygen atoms in total. The van der Waals surface area contributed by atoms with Crippen molar-refractivity contribution in [3.63, 3.8) is 0 Å². The van der Waals surface area contributed by atoms with Crippen LogP contribution in [0.1, 0.15) is 45.6 Å². The summed E-state index contributed by atoms with van der Waals surface area (Å²) in [5.41, 5.74) is 1.21. The molecular weight excluding hydrogens is 276 g/mol. The van der Waals surface area contributed by atoms with Gasteiger partial charge in [0.25, 0.3) is 0 Å². The molecule has 3 heteroatoms. The molecule has 0 N–H and O–H groups in total. The lowest BCUT2D eigenvalue weighted by Gasteiger charge is -2.24. The van der Waals surface area contributed by atoms with Crippen molar-refractivity contribution in [1.29, 1.82) is 0 Å². The van der Waals surface area contributed by atoms with E-state index in [0.29, 0.717) is 0 Å². The fourth-order valence-corrected chi connectivity index (χ4v) is 1.75. The van der Waals surface area contributed by atoms with E-state index in [-0.39, 0.29) is 6.10 Å². The van der Waals surface area contributed by atoms with Gasteiger partial charge in [-0.15, -0.1) is 0 Å². The van der Waals surface area contributed by atoms with Gasteiger partial charge in [0.15, 0.2) is 5.79 Å². The zero-order valence-corrected chi connectivity index (χ0v) is 14.1. The highest BCUT2D eigenvalue weighted by molar-refractivity contribution is 5.48. The summed E-state index contributed by atoms with van der Waals surface area (Å²) < 4.78 is 5.18. The number of rotatable bonds is 10. The monoisotopic (exact) mass is 304 g/mol. The normalized spacial score (nSPS) is 14.0. The van der Waals surface area contributed by atoms with Crippen LogP contribution < -0.4 is 0 Å². The van der Waals surface area contributed by atoms with E-state index in [1.807, 2.05) is 38.1 Å². The van der Waals surface area contributed by atoms with Gasteiger partial charge in [0.1, 0.15) is 6.10 Å². The first kappa shape index (κ1) is 18.6. The third kappa shape index (κ3) is 8.13.